The standard InChI is InChI=1S/C19H28O3S/c1-2-3-4-5-6-8-11-17-14-15-18(22-17)16-23(20,21)19-12-9-7-10-13-19/h7,9-10,12-13,16-17H,2-6,8,11,14-15H2,1H3/b18-16+. The van der Waals surface area contributed by atoms with Gasteiger partial charge in [-0.2, -0.15) is 0 Å². The van der Waals surface area contributed by atoms with Crippen LogP contribution >= 0.6 is 0 Å². The van der Waals surface area contributed by atoms with Crippen molar-refractivity contribution in [3.8, 4) is 0 Å². The van der Waals surface area contributed by atoms with Crippen molar-refractivity contribution < 1.29 is 13.2 Å². The fourth-order valence-corrected chi connectivity index (χ4v) is 4.12. The van der Waals surface area contributed by atoms with Crippen molar-refractivity contribution in [2.24, 2.45) is 0 Å². The zero-order chi connectivity index (χ0) is 16.5. The third-order valence-electron chi connectivity index (χ3n) is 4.27. The van der Waals surface area contributed by atoms with Gasteiger partial charge in [-0.3, -0.25) is 0 Å². The van der Waals surface area contributed by atoms with Crippen LogP contribution in [0.1, 0.15) is 64.7 Å². The SMILES string of the molecule is CCCCCCCCC1CC/C(=C\S(=O)(=O)c2ccccc2)O1. The van der Waals surface area contributed by atoms with Gasteiger partial charge >= 0.3 is 0 Å². The van der Waals surface area contributed by atoms with E-state index in [-0.39, 0.29) is 6.10 Å². The Bertz CT molecular complexity index is 590. The quantitative estimate of drug-likeness (QED) is 0.580. The molecule has 1 atom stereocenters. The molecular weight excluding hydrogens is 308 g/mol. The molecule has 2 rings (SSSR count). The van der Waals surface area contributed by atoms with Crippen LogP contribution in [0.2, 0.25) is 0 Å². The summed E-state index contributed by atoms with van der Waals surface area (Å²) in [6, 6.07) is 8.53. The summed E-state index contributed by atoms with van der Waals surface area (Å²) in [5.74, 6) is 0.616. The van der Waals surface area contributed by atoms with Gasteiger partial charge in [0, 0.05) is 6.42 Å². The molecule has 1 aromatic carbocycles. The second kappa shape index (κ2) is 9.11. The van der Waals surface area contributed by atoms with E-state index in [0.717, 1.165) is 19.3 Å². The fraction of sp³-hybridized carbons (Fsp3) is 0.579. The highest BCUT2D eigenvalue weighted by Crippen LogP contribution is 2.28. The van der Waals surface area contributed by atoms with Gasteiger partial charge in [-0.1, -0.05) is 57.2 Å². The minimum absolute atomic E-state index is 0.193. The van der Waals surface area contributed by atoms with Crippen LogP contribution in [0.15, 0.2) is 46.4 Å². The molecule has 1 aromatic rings. The average molecular weight is 336 g/mol. The summed E-state index contributed by atoms with van der Waals surface area (Å²) in [5.41, 5.74) is 0. The number of allylic oxidation sites excluding steroid dienone is 1. The molecule has 1 fully saturated rings. The fourth-order valence-electron chi connectivity index (χ4n) is 2.93. The average Bonchev–Trinajstić information content (AvgIpc) is 2.98. The monoisotopic (exact) mass is 336 g/mol. The molecule has 0 N–H and O–H groups in total. The molecule has 0 aliphatic carbocycles. The van der Waals surface area contributed by atoms with E-state index >= 15 is 0 Å². The molecule has 0 saturated carbocycles. The Balaban J connectivity index is 1.78. The first-order valence-corrected chi connectivity index (χ1v) is 10.3. The Morgan fingerprint density at radius 3 is 2.52 bits per heavy atom. The van der Waals surface area contributed by atoms with E-state index in [9.17, 15) is 8.42 Å². The summed E-state index contributed by atoms with van der Waals surface area (Å²) in [5, 5.41) is 1.31. The Labute approximate surface area is 140 Å². The lowest BCUT2D eigenvalue weighted by molar-refractivity contribution is 0.149. The lowest BCUT2D eigenvalue weighted by Gasteiger charge is -2.10. The van der Waals surface area contributed by atoms with E-state index in [2.05, 4.69) is 6.92 Å². The van der Waals surface area contributed by atoms with E-state index < -0.39 is 9.84 Å². The molecule has 23 heavy (non-hydrogen) atoms. The minimum Gasteiger partial charge on any atom is -0.494 e. The van der Waals surface area contributed by atoms with Crippen LogP contribution in [-0.4, -0.2) is 14.5 Å². The molecule has 1 saturated heterocycles. The molecule has 1 aliphatic rings. The number of hydrogen-bond acceptors (Lipinski definition) is 3. The Hall–Kier alpha value is -1.29. The number of ether oxygens (including phenoxy) is 1. The van der Waals surface area contributed by atoms with Crippen LogP contribution in [-0.2, 0) is 14.6 Å². The summed E-state index contributed by atoms with van der Waals surface area (Å²) in [6.45, 7) is 2.23. The van der Waals surface area contributed by atoms with E-state index in [1.807, 2.05) is 6.07 Å². The maximum Gasteiger partial charge on any atom is 0.203 e. The molecule has 0 bridgehead atoms. The van der Waals surface area contributed by atoms with Gasteiger partial charge in [0.25, 0.3) is 0 Å². The third kappa shape index (κ3) is 6.02. The molecule has 0 aromatic heterocycles. The Kier molecular flexibility index (Phi) is 7.15. The molecule has 128 valence electrons. The number of benzene rings is 1. The van der Waals surface area contributed by atoms with Crippen LogP contribution in [0, 0.1) is 0 Å². The van der Waals surface area contributed by atoms with Crippen LogP contribution in [0.3, 0.4) is 0 Å². The first kappa shape index (κ1) is 18.1. The summed E-state index contributed by atoms with van der Waals surface area (Å²) < 4.78 is 30.4. The molecule has 4 heteroatoms. The Morgan fingerprint density at radius 1 is 1.09 bits per heavy atom. The van der Waals surface area contributed by atoms with Gasteiger partial charge in [-0.15, -0.1) is 0 Å². The second-order valence-corrected chi connectivity index (χ2v) is 8.07. The molecular formula is C19H28O3S. The molecule has 0 spiro atoms. The van der Waals surface area contributed by atoms with Crippen LogP contribution in [0.25, 0.3) is 0 Å². The highest BCUT2D eigenvalue weighted by molar-refractivity contribution is 7.94. The molecule has 1 aliphatic heterocycles. The van der Waals surface area contributed by atoms with Crippen molar-refractivity contribution in [1.29, 1.82) is 0 Å². The van der Waals surface area contributed by atoms with E-state index in [0.29, 0.717) is 10.7 Å². The van der Waals surface area contributed by atoms with Crippen molar-refractivity contribution in [2.75, 3.05) is 0 Å². The second-order valence-electron chi connectivity index (χ2n) is 6.28. The highest BCUT2D eigenvalue weighted by atomic mass is 32.2. The first-order valence-electron chi connectivity index (χ1n) is 8.79. The lowest BCUT2D eigenvalue weighted by atomic mass is 10.1. The topological polar surface area (TPSA) is 43.4 Å². The lowest BCUT2D eigenvalue weighted by Crippen LogP contribution is -2.04. The van der Waals surface area contributed by atoms with Gasteiger partial charge in [-0.25, -0.2) is 8.42 Å². The Morgan fingerprint density at radius 2 is 1.78 bits per heavy atom. The summed E-state index contributed by atoms with van der Waals surface area (Å²) in [4.78, 5) is 0.329. The molecule has 1 unspecified atom stereocenters. The van der Waals surface area contributed by atoms with Gasteiger partial charge in [0.2, 0.25) is 9.84 Å². The third-order valence-corrected chi connectivity index (χ3v) is 5.77. The van der Waals surface area contributed by atoms with Crippen LogP contribution in [0.4, 0.5) is 0 Å². The summed E-state index contributed by atoms with van der Waals surface area (Å²) in [6.07, 6.45) is 10.5. The molecule has 3 nitrogen and oxygen atoms in total. The normalized spacial score (nSPS) is 19.9. The number of hydrogen-bond donors (Lipinski definition) is 0. The van der Waals surface area contributed by atoms with Crippen LogP contribution < -0.4 is 0 Å². The van der Waals surface area contributed by atoms with E-state index in [1.165, 1.54) is 43.9 Å². The number of unbranched alkanes of at least 4 members (excludes halogenated alkanes) is 5. The minimum atomic E-state index is -3.39. The zero-order valence-electron chi connectivity index (χ0n) is 14.0. The van der Waals surface area contributed by atoms with Gasteiger partial charge in [0.1, 0.15) is 5.76 Å². The van der Waals surface area contributed by atoms with Gasteiger partial charge in [0.15, 0.2) is 0 Å². The molecule has 0 amide bonds. The first-order chi connectivity index (χ1) is 11.1. The molecule has 1 heterocycles. The van der Waals surface area contributed by atoms with Crippen molar-refractivity contribution in [1.82, 2.24) is 0 Å². The highest BCUT2D eigenvalue weighted by Gasteiger charge is 2.23. The summed E-state index contributed by atoms with van der Waals surface area (Å²) in [7, 11) is -3.39. The van der Waals surface area contributed by atoms with Crippen molar-refractivity contribution in [3.05, 3.63) is 41.5 Å². The summed E-state index contributed by atoms with van der Waals surface area (Å²) >= 11 is 0. The smallest absolute Gasteiger partial charge is 0.203 e. The van der Waals surface area contributed by atoms with Gasteiger partial charge in [0.05, 0.1) is 16.4 Å². The number of rotatable bonds is 9. The number of sulfone groups is 1. The van der Waals surface area contributed by atoms with Crippen LogP contribution in [0.5, 0.6) is 0 Å². The maximum absolute atomic E-state index is 12.3. The van der Waals surface area contributed by atoms with Crippen molar-refractivity contribution in [3.63, 3.8) is 0 Å². The molecule has 0 radical (unpaired) electrons. The zero-order valence-corrected chi connectivity index (χ0v) is 14.9. The van der Waals surface area contributed by atoms with Gasteiger partial charge < -0.3 is 4.74 Å². The maximum atomic E-state index is 12.3. The van der Waals surface area contributed by atoms with Gasteiger partial charge in [-0.05, 0) is 31.4 Å². The van der Waals surface area contributed by atoms with Crippen molar-refractivity contribution >= 4 is 9.84 Å². The predicted octanol–water partition coefficient (Wildman–Crippen LogP) is 5.23. The van der Waals surface area contributed by atoms with Crippen molar-refractivity contribution in [2.45, 2.75) is 75.7 Å². The predicted molar refractivity (Wildman–Crippen MR) is 93.8 cm³/mol. The van der Waals surface area contributed by atoms with E-state index in [1.54, 1.807) is 24.3 Å². The van der Waals surface area contributed by atoms with E-state index in [4.69, 9.17) is 4.74 Å². The largest absolute Gasteiger partial charge is 0.494 e.